The highest BCUT2D eigenvalue weighted by molar-refractivity contribution is 5.96. The molecule has 1 aliphatic heterocycles. The maximum atomic E-state index is 13.3. The van der Waals surface area contributed by atoms with E-state index in [-0.39, 0.29) is 11.5 Å². The van der Waals surface area contributed by atoms with Crippen molar-refractivity contribution >= 4 is 23.3 Å². The van der Waals surface area contributed by atoms with Crippen molar-refractivity contribution in [2.24, 2.45) is 0 Å². The topological polar surface area (TPSA) is 65.5 Å². The fourth-order valence-electron chi connectivity index (χ4n) is 3.90. The van der Waals surface area contributed by atoms with E-state index in [9.17, 15) is 22.8 Å². The van der Waals surface area contributed by atoms with E-state index in [1.165, 1.54) is 30.0 Å². The molecule has 36 heavy (non-hydrogen) atoms. The quantitative estimate of drug-likeness (QED) is 0.550. The van der Waals surface area contributed by atoms with Gasteiger partial charge in [-0.2, -0.15) is 13.2 Å². The number of rotatable bonds is 3. The first-order valence-electron chi connectivity index (χ1n) is 11.3. The maximum Gasteiger partial charge on any atom is 0.417 e. The van der Waals surface area contributed by atoms with Crippen LogP contribution in [0.3, 0.4) is 0 Å². The Kier molecular flexibility index (Phi) is 7.25. The van der Waals surface area contributed by atoms with Gasteiger partial charge in [0.2, 0.25) is 5.91 Å². The third-order valence-electron chi connectivity index (χ3n) is 5.64. The van der Waals surface area contributed by atoms with Gasteiger partial charge in [-0.15, -0.1) is 0 Å². The van der Waals surface area contributed by atoms with Gasteiger partial charge in [-0.1, -0.05) is 30.0 Å². The SMILES string of the molecule is CC(=O)Nc1cccc(C#Cc2ccc(N3CCN(C(=O)c4ccccc4C(F)(F)F)CC3)nc2)c1. The van der Waals surface area contributed by atoms with E-state index in [1.54, 1.807) is 18.3 Å². The highest BCUT2D eigenvalue weighted by Gasteiger charge is 2.36. The normalized spacial score (nSPS) is 13.6. The number of pyridine rings is 1. The molecule has 2 aromatic carbocycles. The summed E-state index contributed by atoms with van der Waals surface area (Å²) >= 11 is 0. The molecule has 0 spiro atoms. The number of hydrogen-bond acceptors (Lipinski definition) is 4. The van der Waals surface area contributed by atoms with Gasteiger partial charge in [-0.05, 0) is 42.5 Å². The van der Waals surface area contributed by atoms with Gasteiger partial charge in [0.15, 0.2) is 0 Å². The molecule has 2 heterocycles. The summed E-state index contributed by atoms with van der Waals surface area (Å²) in [7, 11) is 0. The van der Waals surface area contributed by atoms with E-state index in [0.717, 1.165) is 11.6 Å². The fourth-order valence-corrected chi connectivity index (χ4v) is 3.90. The number of nitrogens with one attached hydrogen (secondary N) is 1. The number of carbonyl (C=O) groups excluding carboxylic acids is 2. The second-order valence-corrected chi connectivity index (χ2v) is 8.24. The third kappa shape index (κ3) is 6.02. The average Bonchev–Trinajstić information content (AvgIpc) is 2.87. The van der Waals surface area contributed by atoms with Crippen LogP contribution in [0, 0.1) is 11.8 Å². The minimum absolute atomic E-state index is 0.156. The second-order valence-electron chi connectivity index (χ2n) is 8.24. The number of aromatic nitrogens is 1. The molecule has 1 fully saturated rings. The van der Waals surface area contributed by atoms with Crippen LogP contribution in [-0.2, 0) is 11.0 Å². The smallest absolute Gasteiger partial charge is 0.353 e. The molecule has 0 bridgehead atoms. The fraction of sp³-hybridized carbons (Fsp3) is 0.222. The molecule has 184 valence electrons. The number of piperazine rings is 1. The molecular formula is C27H23F3N4O2. The van der Waals surface area contributed by atoms with Crippen molar-refractivity contribution in [1.29, 1.82) is 0 Å². The minimum atomic E-state index is -4.59. The van der Waals surface area contributed by atoms with Crippen molar-refractivity contribution in [1.82, 2.24) is 9.88 Å². The summed E-state index contributed by atoms with van der Waals surface area (Å²) in [5.41, 5.74) is 0.876. The molecule has 0 radical (unpaired) electrons. The first-order valence-corrected chi connectivity index (χ1v) is 11.3. The van der Waals surface area contributed by atoms with Gasteiger partial charge in [0.25, 0.3) is 5.91 Å². The molecule has 3 aromatic rings. The lowest BCUT2D eigenvalue weighted by atomic mass is 10.1. The number of benzene rings is 2. The maximum absolute atomic E-state index is 13.3. The van der Waals surface area contributed by atoms with Crippen LogP contribution in [0.1, 0.15) is 34.0 Å². The second kappa shape index (κ2) is 10.5. The summed E-state index contributed by atoms with van der Waals surface area (Å²) in [4.78, 5) is 31.9. The predicted molar refractivity (Wildman–Crippen MR) is 131 cm³/mol. The lowest BCUT2D eigenvalue weighted by Crippen LogP contribution is -2.49. The van der Waals surface area contributed by atoms with E-state index in [2.05, 4.69) is 22.1 Å². The van der Waals surface area contributed by atoms with Crippen LogP contribution >= 0.6 is 0 Å². The molecule has 1 aromatic heterocycles. The van der Waals surface area contributed by atoms with Crippen LogP contribution in [0.5, 0.6) is 0 Å². The van der Waals surface area contributed by atoms with Crippen LogP contribution in [0.25, 0.3) is 0 Å². The molecule has 0 atom stereocenters. The summed E-state index contributed by atoms with van der Waals surface area (Å²) in [5, 5.41) is 2.72. The first kappa shape index (κ1) is 24.8. The van der Waals surface area contributed by atoms with Gasteiger partial charge in [0.1, 0.15) is 5.82 Å². The molecule has 0 unspecified atom stereocenters. The zero-order valence-electron chi connectivity index (χ0n) is 19.5. The Labute approximate surface area is 206 Å². The minimum Gasteiger partial charge on any atom is -0.353 e. The molecule has 4 rings (SSSR count). The molecule has 9 heteroatoms. The monoisotopic (exact) mass is 492 g/mol. The van der Waals surface area contributed by atoms with Gasteiger partial charge >= 0.3 is 6.18 Å². The Hall–Kier alpha value is -4.32. The predicted octanol–water partition coefficient (Wildman–Crippen LogP) is 4.42. The van der Waals surface area contributed by atoms with Crippen LogP contribution in [0.2, 0.25) is 0 Å². The van der Waals surface area contributed by atoms with Crippen LogP contribution < -0.4 is 10.2 Å². The number of hydrogen-bond donors (Lipinski definition) is 1. The van der Waals surface area contributed by atoms with Crippen molar-refractivity contribution in [3.05, 3.63) is 89.1 Å². The molecule has 6 nitrogen and oxygen atoms in total. The Balaban J connectivity index is 1.38. The highest BCUT2D eigenvalue weighted by atomic mass is 19.4. The van der Waals surface area contributed by atoms with Gasteiger partial charge < -0.3 is 15.1 Å². The van der Waals surface area contributed by atoms with Crippen LogP contribution in [0.15, 0.2) is 66.9 Å². The summed E-state index contributed by atoms with van der Waals surface area (Å²) < 4.78 is 39.9. The summed E-state index contributed by atoms with van der Waals surface area (Å²) in [6.07, 6.45) is -2.94. The molecular weight excluding hydrogens is 469 g/mol. The van der Waals surface area contributed by atoms with Crippen molar-refractivity contribution in [3.63, 3.8) is 0 Å². The van der Waals surface area contributed by atoms with E-state index in [4.69, 9.17) is 0 Å². The third-order valence-corrected chi connectivity index (χ3v) is 5.64. The Bertz CT molecular complexity index is 1320. The number of carbonyl (C=O) groups is 2. The van der Waals surface area contributed by atoms with Crippen molar-refractivity contribution in [2.45, 2.75) is 13.1 Å². The molecule has 1 saturated heterocycles. The zero-order chi connectivity index (χ0) is 25.7. The molecule has 1 aliphatic rings. The van der Waals surface area contributed by atoms with Gasteiger partial charge in [-0.3, -0.25) is 9.59 Å². The van der Waals surface area contributed by atoms with Gasteiger partial charge in [-0.25, -0.2) is 4.98 Å². The van der Waals surface area contributed by atoms with E-state index >= 15 is 0 Å². The van der Waals surface area contributed by atoms with Crippen molar-refractivity contribution < 1.29 is 22.8 Å². The average molecular weight is 493 g/mol. The van der Waals surface area contributed by atoms with Gasteiger partial charge in [0, 0.05) is 56.1 Å². The van der Waals surface area contributed by atoms with Crippen LogP contribution in [0.4, 0.5) is 24.7 Å². The number of alkyl halides is 3. The van der Waals surface area contributed by atoms with E-state index < -0.39 is 17.6 Å². The summed E-state index contributed by atoms with van der Waals surface area (Å²) in [6.45, 7) is 2.93. The number of halogens is 3. The van der Waals surface area contributed by atoms with E-state index in [0.29, 0.717) is 43.2 Å². The number of amides is 2. The number of nitrogens with zero attached hydrogens (tertiary/aromatic N) is 3. The lowest BCUT2D eigenvalue weighted by Gasteiger charge is -2.35. The number of anilines is 2. The van der Waals surface area contributed by atoms with Crippen LogP contribution in [-0.4, -0.2) is 47.9 Å². The van der Waals surface area contributed by atoms with E-state index in [1.807, 2.05) is 29.2 Å². The lowest BCUT2D eigenvalue weighted by molar-refractivity contribution is -0.138. The molecule has 2 amide bonds. The largest absolute Gasteiger partial charge is 0.417 e. The van der Waals surface area contributed by atoms with Crippen molar-refractivity contribution in [2.75, 3.05) is 36.4 Å². The summed E-state index contributed by atoms with van der Waals surface area (Å²) in [6, 6.07) is 15.7. The Morgan fingerprint density at radius 3 is 2.31 bits per heavy atom. The Morgan fingerprint density at radius 1 is 0.917 bits per heavy atom. The van der Waals surface area contributed by atoms with Gasteiger partial charge in [0.05, 0.1) is 11.1 Å². The summed E-state index contributed by atoms with van der Waals surface area (Å²) in [5.74, 6) is 6.01. The first-order chi connectivity index (χ1) is 17.2. The highest BCUT2D eigenvalue weighted by Crippen LogP contribution is 2.32. The molecule has 0 saturated carbocycles. The molecule has 1 N–H and O–H groups in total. The standard InChI is InChI=1S/C27H23F3N4O2/c1-19(35)32-22-6-4-5-20(17-22)9-10-21-11-12-25(31-18-21)33-13-15-34(16-14-33)26(36)23-7-2-3-8-24(23)27(28,29)30/h2-8,11-12,17-18H,13-16H2,1H3,(H,32,35). The van der Waals surface area contributed by atoms with Crippen molar-refractivity contribution in [3.8, 4) is 11.8 Å². The zero-order valence-corrected chi connectivity index (χ0v) is 19.5. The Morgan fingerprint density at radius 2 is 1.64 bits per heavy atom. The molecule has 0 aliphatic carbocycles.